The van der Waals surface area contributed by atoms with Crippen LogP contribution in [0.5, 0.6) is 0 Å². The largest absolute Gasteiger partial charge is 0.468 e. The number of nitrogens with zero attached hydrogens (tertiary/aromatic N) is 3. The number of carbonyl (C=O) groups is 3. The van der Waals surface area contributed by atoms with Gasteiger partial charge in [0.1, 0.15) is 11.9 Å². The number of piperazine rings is 1. The van der Waals surface area contributed by atoms with Crippen molar-refractivity contribution in [2.45, 2.75) is 31.1 Å². The topological polar surface area (TPSA) is 79.4 Å². The Morgan fingerprint density at radius 2 is 2.00 bits per heavy atom. The number of thiol groups is 1. The number of rotatable bonds is 9. The van der Waals surface area contributed by atoms with Gasteiger partial charge in [-0.05, 0) is 25.0 Å². The summed E-state index contributed by atoms with van der Waals surface area (Å²) in [6.07, 6.45) is 2.96. The molecule has 0 spiro atoms. The van der Waals surface area contributed by atoms with Crippen LogP contribution in [0.2, 0.25) is 0 Å². The summed E-state index contributed by atoms with van der Waals surface area (Å²) in [4.78, 5) is 42.4. The van der Waals surface area contributed by atoms with Crippen molar-refractivity contribution in [2.75, 3.05) is 59.5 Å². The highest BCUT2D eigenvalue weighted by Gasteiger charge is 2.34. The van der Waals surface area contributed by atoms with Gasteiger partial charge in [-0.1, -0.05) is 24.3 Å². The monoisotopic (exact) mass is 507 g/mol. The minimum Gasteiger partial charge on any atom is -0.468 e. The fraction of sp³-hybridized carbons (Fsp3) is 0.560. The molecular formula is C25H34FN3O5S. The maximum Gasteiger partial charge on any atom is 0.327 e. The fourth-order valence-electron chi connectivity index (χ4n) is 4.45. The maximum absolute atomic E-state index is 14.5. The third kappa shape index (κ3) is 7.28. The summed E-state index contributed by atoms with van der Waals surface area (Å²) in [5, 5.41) is 0.0201. The number of methoxy groups -OCH3 is 1. The molecule has 0 saturated carbocycles. The first-order valence-electron chi connectivity index (χ1n) is 11.9. The predicted octanol–water partition coefficient (Wildman–Crippen LogP) is 2.07. The summed E-state index contributed by atoms with van der Waals surface area (Å²) in [6.45, 7) is 5.58. The number of hydrogen-bond donors (Lipinski definition) is 1. The standard InChI is InChI=1S/C25H34FN3O5S/c1-3-34-23(31)10-13-28-15-14-27(17-22(28)30)11-8-18-16-29(12-9-21(18)35)24(25(32)33-2)19-6-4-5-7-20(19)26/h4-8,21,24,35H,3,9-17H2,1-2H3. The van der Waals surface area contributed by atoms with E-state index in [1.165, 1.54) is 13.2 Å². The van der Waals surface area contributed by atoms with Crippen LogP contribution in [0.15, 0.2) is 35.9 Å². The van der Waals surface area contributed by atoms with Gasteiger partial charge >= 0.3 is 11.9 Å². The summed E-state index contributed by atoms with van der Waals surface area (Å²) >= 11 is 4.72. The molecule has 2 saturated heterocycles. The number of benzene rings is 1. The normalized spacial score (nSPS) is 21.7. The molecule has 1 aromatic rings. The van der Waals surface area contributed by atoms with Crippen molar-refractivity contribution in [3.63, 3.8) is 0 Å². The predicted molar refractivity (Wildman–Crippen MR) is 132 cm³/mol. The van der Waals surface area contributed by atoms with Crippen LogP contribution in [-0.2, 0) is 23.9 Å². The van der Waals surface area contributed by atoms with E-state index in [9.17, 15) is 18.8 Å². The van der Waals surface area contributed by atoms with Crippen LogP contribution in [0.25, 0.3) is 0 Å². The molecule has 2 fully saturated rings. The van der Waals surface area contributed by atoms with Crippen molar-refractivity contribution in [1.82, 2.24) is 14.7 Å². The molecule has 2 unspecified atom stereocenters. The lowest BCUT2D eigenvalue weighted by Gasteiger charge is -2.37. The van der Waals surface area contributed by atoms with Crippen LogP contribution >= 0.6 is 12.6 Å². The Balaban J connectivity index is 1.61. The summed E-state index contributed by atoms with van der Waals surface area (Å²) in [7, 11) is 1.31. The molecule has 3 rings (SSSR count). The van der Waals surface area contributed by atoms with Gasteiger partial charge in [0.2, 0.25) is 5.91 Å². The molecule has 1 amide bonds. The third-order valence-electron chi connectivity index (χ3n) is 6.39. The number of esters is 2. The number of piperidine rings is 1. The van der Waals surface area contributed by atoms with E-state index in [0.29, 0.717) is 57.9 Å². The summed E-state index contributed by atoms with van der Waals surface area (Å²) in [6, 6.07) is 5.42. The lowest BCUT2D eigenvalue weighted by Crippen LogP contribution is -2.50. The van der Waals surface area contributed by atoms with Crippen molar-refractivity contribution in [3.05, 3.63) is 47.3 Å². The van der Waals surface area contributed by atoms with E-state index in [1.54, 1.807) is 30.0 Å². The first kappa shape index (κ1) is 27.2. The third-order valence-corrected chi connectivity index (χ3v) is 6.98. The highest BCUT2D eigenvalue weighted by molar-refractivity contribution is 7.81. The lowest BCUT2D eigenvalue weighted by atomic mass is 9.97. The van der Waals surface area contributed by atoms with Gasteiger partial charge in [-0.15, -0.1) is 0 Å². The molecule has 0 N–H and O–H groups in total. The second-order valence-corrected chi connectivity index (χ2v) is 9.30. The highest BCUT2D eigenvalue weighted by atomic mass is 32.1. The molecule has 2 aliphatic rings. The molecule has 0 aromatic heterocycles. The molecule has 10 heteroatoms. The smallest absolute Gasteiger partial charge is 0.327 e. The Labute approximate surface area is 211 Å². The molecule has 8 nitrogen and oxygen atoms in total. The Morgan fingerprint density at radius 3 is 2.69 bits per heavy atom. The summed E-state index contributed by atoms with van der Waals surface area (Å²) < 4.78 is 24.5. The average Bonchev–Trinajstić information content (AvgIpc) is 2.85. The summed E-state index contributed by atoms with van der Waals surface area (Å²) in [5.74, 6) is -1.26. The van der Waals surface area contributed by atoms with Crippen LogP contribution in [0, 0.1) is 5.82 Å². The van der Waals surface area contributed by atoms with Gasteiger partial charge in [-0.3, -0.25) is 19.4 Å². The van der Waals surface area contributed by atoms with Crippen molar-refractivity contribution >= 4 is 30.5 Å². The van der Waals surface area contributed by atoms with Crippen LogP contribution in [0.4, 0.5) is 4.39 Å². The van der Waals surface area contributed by atoms with Gasteiger partial charge in [-0.25, -0.2) is 9.18 Å². The zero-order valence-corrected chi connectivity index (χ0v) is 21.2. The van der Waals surface area contributed by atoms with Gasteiger partial charge in [-0.2, -0.15) is 12.6 Å². The van der Waals surface area contributed by atoms with E-state index in [2.05, 4.69) is 6.08 Å². The number of hydrogen-bond acceptors (Lipinski definition) is 8. The molecule has 2 atom stereocenters. The van der Waals surface area contributed by atoms with Crippen LogP contribution in [0.1, 0.15) is 31.4 Å². The Kier molecular flexibility index (Phi) is 10.1. The Bertz CT molecular complexity index is 943. The summed E-state index contributed by atoms with van der Waals surface area (Å²) in [5.41, 5.74) is 1.32. The minimum absolute atomic E-state index is 0.0167. The number of halogens is 1. The number of carbonyl (C=O) groups excluding carboxylic acids is 3. The van der Waals surface area contributed by atoms with Gasteiger partial charge < -0.3 is 14.4 Å². The van der Waals surface area contributed by atoms with Crippen LogP contribution < -0.4 is 0 Å². The molecular weight excluding hydrogens is 473 g/mol. The first-order valence-corrected chi connectivity index (χ1v) is 12.4. The SMILES string of the molecule is CCOC(=O)CCN1CCN(CC=C2CN(C(C(=O)OC)c3ccccc3F)CCC2S)CC1=O. The van der Waals surface area contributed by atoms with Gasteiger partial charge in [0.15, 0.2) is 0 Å². The van der Waals surface area contributed by atoms with Gasteiger partial charge in [0.25, 0.3) is 0 Å². The molecule has 35 heavy (non-hydrogen) atoms. The molecule has 192 valence electrons. The molecule has 1 aromatic carbocycles. The molecule has 2 aliphatic heterocycles. The molecule has 2 heterocycles. The van der Waals surface area contributed by atoms with Crippen molar-refractivity contribution in [2.24, 2.45) is 0 Å². The second kappa shape index (κ2) is 13.0. The van der Waals surface area contributed by atoms with Crippen molar-refractivity contribution in [1.29, 1.82) is 0 Å². The van der Waals surface area contributed by atoms with E-state index in [1.807, 2.05) is 9.80 Å². The number of likely N-dealkylation sites (tertiary alicyclic amines) is 1. The van der Waals surface area contributed by atoms with Crippen LogP contribution in [0.3, 0.4) is 0 Å². The lowest BCUT2D eigenvalue weighted by molar-refractivity contribution is -0.148. The second-order valence-electron chi connectivity index (χ2n) is 8.67. The molecule has 0 radical (unpaired) electrons. The first-order chi connectivity index (χ1) is 16.8. The quantitative estimate of drug-likeness (QED) is 0.311. The Hall–Kier alpha value is -2.43. The van der Waals surface area contributed by atoms with Crippen molar-refractivity contribution < 1.29 is 28.2 Å². The molecule has 0 bridgehead atoms. The fourth-order valence-corrected chi connectivity index (χ4v) is 4.75. The maximum atomic E-state index is 14.5. The molecule has 0 aliphatic carbocycles. The average molecular weight is 508 g/mol. The number of ether oxygens (including phenoxy) is 2. The minimum atomic E-state index is -0.838. The van der Waals surface area contributed by atoms with E-state index in [4.69, 9.17) is 22.1 Å². The van der Waals surface area contributed by atoms with Gasteiger partial charge in [0.05, 0.1) is 26.7 Å². The van der Waals surface area contributed by atoms with E-state index < -0.39 is 17.8 Å². The van der Waals surface area contributed by atoms with E-state index in [-0.39, 0.29) is 30.1 Å². The zero-order chi connectivity index (χ0) is 25.4. The van der Waals surface area contributed by atoms with Crippen LogP contribution in [-0.4, -0.2) is 97.3 Å². The van der Waals surface area contributed by atoms with Gasteiger partial charge in [0, 0.05) is 50.1 Å². The Morgan fingerprint density at radius 1 is 1.23 bits per heavy atom. The highest BCUT2D eigenvalue weighted by Crippen LogP contribution is 2.31. The van der Waals surface area contributed by atoms with E-state index in [0.717, 1.165) is 5.57 Å². The van der Waals surface area contributed by atoms with Crippen molar-refractivity contribution in [3.8, 4) is 0 Å². The zero-order valence-electron chi connectivity index (χ0n) is 20.3. The number of amides is 1. The van der Waals surface area contributed by atoms with E-state index >= 15 is 0 Å².